The van der Waals surface area contributed by atoms with Gasteiger partial charge in [0.15, 0.2) is 6.29 Å². The summed E-state index contributed by atoms with van der Waals surface area (Å²) < 4.78 is 4.85. The van der Waals surface area contributed by atoms with E-state index in [0.29, 0.717) is 0 Å². The number of hydrogen-bond acceptors (Lipinski definition) is 6. The fraction of sp³-hybridized carbons (Fsp3) is 1.00. The SMILES string of the molecule is C[C@@]1(O)[C@@](C)(O)[C@H](O)O[C@@H](CO)[C@@]1(C)O. The van der Waals surface area contributed by atoms with Crippen LogP contribution < -0.4 is 0 Å². The molecule has 1 aliphatic rings. The summed E-state index contributed by atoms with van der Waals surface area (Å²) in [6, 6.07) is 0. The average Bonchev–Trinajstić information content (AvgIpc) is 2.10. The van der Waals surface area contributed by atoms with Crippen LogP contribution in [0, 0.1) is 0 Å². The van der Waals surface area contributed by atoms with Crippen molar-refractivity contribution in [2.45, 2.75) is 50.0 Å². The zero-order valence-corrected chi connectivity index (χ0v) is 9.01. The lowest BCUT2D eigenvalue weighted by atomic mass is 9.68. The minimum atomic E-state index is -2.03. The highest BCUT2D eigenvalue weighted by atomic mass is 16.6. The van der Waals surface area contributed by atoms with Crippen molar-refractivity contribution in [1.29, 1.82) is 0 Å². The molecule has 6 nitrogen and oxygen atoms in total. The first-order chi connectivity index (χ1) is 6.59. The highest BCUT2D eigenvalue weighted by molar-refractivity contribution is 5.13. The molecular formula is C9H18O6. The molecule has 1 aliphatic heterocycles. The Bertz CT molecular complexity index is 247. The minimum absolute atomic E-state index is 0.573. The Balaban J connectivity index is 3.16. The molecule has 0 radical (unpaired) electrons. The standard InChI is InChI=1S/C9H18O6/c1-7(12)5(4-10)15-6(11)8(2,13)9(7,3)14/h5-6,10-14H,4H2,1-3H3/t5-,6+,7+,8-,9-/m0/s1. The number of aliphatic hydroxyl groups excluding tert-OH is 2. The Morgan fingerprint density at radius 3 is 1.93 bits per heavy atom. The zero-order chi connectivity index (χ0) is 12.1. The van der Waals surface area contributed by atoms with Gasteiger partial charge >= 0.3 is 0 Å². The lowest BCUT2D eigenvalue weighted by molar-refractivity contribution is -0.382. The lowest BCUT2D eigenvalue weighted by Crippen LogP contribution is -2.77. The summed E-state index contributed by atoms with van der Waals surface area (Å²) in [7, 11) is 0. The second-order valence-electron chi connectivity index (χ2n) is 4.53. The molecule has 5 N–H and O–H groups in total. The number of hydrogen-bond donors (Lipinski definition) is 5. The van der Waals surface area contributed by atoms with Crippen LogP contribution in [-0.2, 0) is 4.74 Å². The molecule has 1 rings (SSSR count). The van der Waals surface area contributed by atoms with Crippen molar-refractivity contribution >= 4 is 0 Å². The third kappa shape index (κ3) is 1.49. The molecule has 0 aromatic carbocycles. The van der Waals surface area contributed by atoms with Crippen LogP contribution in [0.15, 0.2) is 0 Å². The average molecular weight is 222 g/mol. The van der Waals surface area contributed by atoms with Crippen LogP contribution in [-0.4, -0.2) is 61.3 Å². The van der Waals surface area contributed by atoms with Crippen LogP contribution in [0.25, 0.3) is 0 Å². The summed E-state index contributed by atoms with van der Waals surface area (Å²) in [4.78, 5) is 0. The van der Waals surface area contributed by atoms with E-state index >= 15 is 0 Å². The van der Waals surface area contributed by atoms with E-state index in [9.17, 15) is 20.4 Å². The van der Waals surface area contributed by atoms with Gasteiger partial charge in [-0.05, 0) is 20.8 Å². The van der Waals surface area contributed by atoms with Gasteiger partial charge in [-0.3, -0.25) is 0 Å². The van der Waals surface area contributed by atoms with E-state index in [0.717, 1.165) is 6.92 Å². The zero-order valence-electron chi connectivity index (χ0n) is 9.01. The third-order valence-electron chi connectivity index (χ3n) is 3.54. The number of ether oxygens (including phenoxy) is 1. The fourth-order valence-corrected chi connectivity index (χ4v) is 1.71. The van der Waals surface area contributed by atoms with Crippen LogP contribution in [0.2, 0.25) is 0 Å². The van der Waals surface area contributed by atoms with Crippen LogP contribution in [0.5, 0.6) is 0 Å². The Morgan fingerprint density at radius 2 is 1.53 bits per heavy atom. The predicted octanol–water partition coefficient (Wildman–Crippen LogP) is -2.05. The van der Waals surface area contributed by atoms with E-state index in [-0.39, 0.29) is 0 Å². The fourth-order valence-electron chi connectivity index (χ4n) is 1.71. The van der Waals surface area contributed by atoms with Crippen LogP contribution in [0.1, 0.15) is 20.8 Å². The van der Waals surface area contributed by atoms with Gasteiger partial charge in [0.05, 0.1) is 6.61 Å². The lowest BCUT2D eigenvalue weighted by Gasteiger charge is -2.56. The van der Waals surface area contributed by atoms with Gasteiger partial charge in [0.1, 0.15) is 22.9 Å². The summed E-state index contributed by atoms with van der Waals surface area (Å²) in [5.74, 6) is 0. The van der Waals surface area contributed by atoms with Crippen molar-refractivity contribution < 1.29 is 30.3 Å². The van der Waals surface area contributed by atoms with Crippen molar-refractivity contribution in [3.63, 3.8) is 0 Å². The van der Waals surface area contributed by atoms with E-state index in [1.165, 1.54) is 13.8 Å². The smallest absolute Gasteiger partial charge is 0.187 e. The van der Waals surface area contributed by atoms with Gasteiger partial charge < -0.3 is 30.3 Å². The molecule has 0 aliphatic carbocycles. The Hall–Kier alpha value is -0.240. The van der Waals surface area contributed by atoms with Crippen molar-refractivity contribution in [2.24, 2.45) is 0 Å². The highest BCUT2D eigenvalue weighted by Crippen LogP contribution is 2.43. The van der Waals surface area contributed by atoms with Crippen LogP contribution in [0.3, 0.4) is 0 Å². The van der Waals surface area contributed by atoms with Gasteiger partial charge in [0, 0.05) is 0 Å². The monoisotopic (exact) mass is 222 g/mol. The molecular weight excluding hydrogens is 204 g/mol. The molecule has 0 spiro atoms. The highest BCUT2D eigenvalue weighted by Gasteiger charge is 2.65. The molecule has 15 heavy (non-hydrogen) atoms. The quantitative estimate of drug-likeness (QED) is 0.349. The largest absolute Gasteiger partial charge is 0.394 e. The van der Waals surface area contributed by atoms with Crippen molar-refractivity contribution in [1.82, 2.24) is 0 Å². The summed E-state index contributed by atoms with van der Waals surface area (Å²) >= 11 is 0. The third-order valence-corrected chi connectivity index (χ3v) is 3.54. The molecule has 0 amide bonds. The van der Waals surface area contributed by atoms with Gasteiger partial charge in [-0.15, -0.1) is 0 Å². The predicted molar refractivity (Wildman–Crippen MR) is 49.8 cm³/mol. The summed E-state index contributed by atoms with van der Waals surface area (Å²) in [5.41, 5.74) is -5.91. The summed E-state index contributed by atoms with van der Waals surface area (Å²) in [5, 5.41) is 48.3. The van der Waals surface area contributed by atoms with E-state index in [1.54, 1.807) is 0 Å². The van der Waals surface area contributed by atoms with Gasteiger partial charge in [0.2, 0.25) is 0 Å². The van der Waals surface area contributed by atoms with E-state index in [4.69, 9.17) is 9.84 Å². The first-order valence-electron chi connectivity index (χ1n) is 4.70. The van der Waals surface area contributed by atoms with Crippen molar-refractivity contribution in [3.05, 3.63) is 0 Å². The molecule has 5 atom stereocenters. The minimum Gasteiger partial charge on any atom is -0.394 e. The van der Waals surface area contributed by atoms with Gasteiger partial charge in [-0.1, -0.05) is 0 Å². The maximum atomic E-state index is 10.1. The summed E-state index contributed by atoms with van der Waals surface area (Å²) in [6.45, 7) is 2.99. The van der Waals surface area contributed by atoms with E-state index < -0.39 is 35.8 Å². The van der Waals surface area contributed by atoms with Crippen molar-refractivity contribution in [2.75, 3.05) is 6.61 Å². The Labute approximate surface area is 87.7 Å². The van der Waals surface area contributed by atoms with Crippen molar-refractivity contribution in [3.8, 4) is 0 Å². The number of rotatable bonds is 1. The van der Waals surface area contributed by atoms with Gasteiger partial charge in [0.25, 0.3) is 0 Å². The molecule has 1 saturated heterocycles. The molecule has 6 heteroatoms. The Morgan fingerprint density at radius 1 is 1.07 bits per heavy atom. The second kappa shape index (κ2) is 3.38. The molecule has 0 unspecified atom stereocenters. The molecule has 0 saturated carbocycles. The Kier molecular flexibility index (Phi) is 2.89. The first-order valence-corrected chi connectivity index (χ1v) is 4.70. The molecule has 90 valence electrons. The van der Waals surface area contributed by atoms with Gasteiger partial charge in [-0.2, -0.15) is 0 Å². The maximum Gasteiger partial charge on any atom is 0.187 e. The van der Waals surface area contributed by atoms with Crippen LogP contribution in [0.4, 0.5) is 0 Å². The maximum absolute atomic E-state index is 10.1. The topological polar surface area (TPSA) is 110 Å². The van der Waals surface area contributed by atoms with Crippen LogP contribution >= 0.6 is 0 Å². The second-order valence-corrected chi connectivity index (χ2v) is 4.53. The number of aliphatic hydroxyl groups is 5. The first kappa shape index (κ1) is 12.8. The molecule has 0 bridgehead atoms. The summed E-state index contributed by atoms with van der Waals surface area (Å²) in [6.07, 6.45) is -2.84. The van der Waals surface area contributed by atoms with E-state index in [2.05, 4.69) is 0 Å². The molecule has 0 aromatic rings. The van der Waals surface area contributed by atoms with Gasteiger partial charge in [-0.25, -0.2) is 0 Å². The molecule has 1 fully saturated rings. The van der Waals surface area contributed by atoms with E-state index in [1.807, 2.05) is 0 Å². The molecule has 0 aromatic heterocycles. The molecule has 1 heterocycles. The normalized spacial score (nSPS) is 56.8.